The number of hydrogen-bond donors (Lipinski definition) is 0. The van der Waals surface area contributed by atoms with Crippen LogP contribution in [0.25, 0.3) is 0 Å². The van der Waals surface area contributed by atoms with Gasteiger partial charge in [-0.05, 0) is 31.3 Å². The van der Waals surface area contributed by atoms with E-state index in [4.69, 9.17) is 0 Å². The summed E-state index contributed by atoms with van der Waals surface area (Å²) in [6.45, 7) is 2.00. The highest BCUT2D eigenvalue weighted by Gasteiger charge is 2.51. The van der Waals surface area contributed by atoms with Crippen LogP contribution in [0, 0.1) is 11.8 Å². The second-order valence-electron chi connectivity index (χ2n) is 3.84. The molecule has 0 radical (unpaired) electrons. The summed E-state index contributed by atoms with van der Waals surface area (Å²) in [6, 6.07) is 0. The molecule has 3 aliphatic rings. The lowest BCUT2D eigenvalue weighted by Crippen LogP contribution is -2.04. The van der Waals surface area contributed by atoms with E-state index < -0.39 is 11.9 Å². The van der Waals surface area contributed by atoms with Crippen molar-refractivity contribution in [2.75, 3.05) is 0 Å². The molecule has 0 bridgehead atoms. The van der Waals surface area contributed by atoms with E-state index >= 15 is 0 Å². The maximum Gasteiger partial charge on any atom is 0.346 e. The normalized spacial score (nSPS) is 35.3. The zero-order chi connectivity index (χ0) is 9.16. The van der Waals surface area contributed by atoms with E-state index in [0.29, 0.717) is 17.1 Å². The van der Waals surface area contributed by atoms with Crippen LogP contribution in [0.1, 0.15) is 13.3 Å². The zero-order valence-corrected chi connectivity index (χ0v) is 7.16. The molecule has 0 aromatic carbocycles. The molecule has 1 heterocycles. The standard InChI is InChI=1S/C10H8O3/c1-4-2-7-8(6-3-5(4)6)10(12)13-9(7)11/h2,5-6H,3H2,1H3. The lowest BCUT2D eigenvalue weighted by atomic mass is 9.95. The summed E-state index contributed by atoms with van der Waals surface area (Å²) in [4.78, 5) is 22.4. The van der Waals surface area contributed by atoms with Crippen LogP contribution in [0.2, 0.25) is 0 Å². The molecule has 0 saturated heterocycles. The maximum absolute atomic E-state index is 11.2. The molecule has 1 aliphatic heterocycles. The molecule has 2 atom stereocenters. The lowest BCUT2D eigenvalue weighted by Gasteiger charge is -2.05. The molecule has 0 aromatic heterocycles. The predicted molar refractivity (Wildman–Crippen MR) is 43.5 cm³/mol. The molecule has 3 heteroatoms. The molecule has 3 nitrogen and oxygen atoms in total. The van der Waals surface area contributed by atoms with Gasteiger partial charge in [0.1, 0.15) is 0 Å². The first-order valence-corrected chi connectivity index (χ1v) is 4.37. The lowest BCUT2D eigenvalue weighted by molar-refractivity contribution is -0.151. The fourth-order valence-electron chi connectivity index (χ4n) is 2.25. The predicted octanol–water partition coefficient (Wildman–Crippen LogP) is 0.962. The topological polar surface area (TPSA) is 43.4 Å². The third-order valence-electron chi connectivity index (χ3n) is 3.03. The van der Waals surface area contributed by atoms with Crippen molar-refractivity contribution in [2.45, 2.75) is 13.3 Å². The molecule has 0 N–H and O–H groups in total. The number of allylic oxidation sites excluding steroid dienone is 1. The number of cyclic esters (lactones) is 2. The monoisotopic (exact) mass is 176 g/mol. The molecule has 0 spiro atoms. The van der Waals surface area contributed by atoms with Gasteiger partial charge in [-0.1, -0.05) is 5.57 Å². The van der Waals surface area contributed by atoms with E-state index in [0.717, 1.165) is 6.42 Å². The van der Waals surface area contributed by atoms with Crippen molar-refractivity contribution in [1.82, 2.24) is 0 Å². The summed E-state index contributed by atoms with van der Waals surface area (Å²) >= 11 is 0. The van der Waals surface area contributed by atoms with Crippen molar-refractivity contribution in [2.24, 2.45) is 11.8 Å². The Morgan fingerprint density at radius 1 is 1.31 bits per heavy atom. The molecule has 0 aromatic rings. The molecule has 2 aliphatic carbocycles. The number of carbonyl (C=O) groups is 2. The molecule has 0 amide bonds. The molecule has 3 rings (SSSR count). The minimum Gasteiger partial charge on any atom is -0.386 e. The Labute approximate surface area is 75.1 Å². The van der Waals surface area contributed by atoms with Gasteiger partial charge in [0.2, 0.25) is 0 Å². The van der Waals surface area contributed by atoms with Crippen molar-refractivity contribution < 1.29 is 14.3 Å². The molecule has 66 valence electrons. The van der Waals surface area contributed by atoms with Crippen molar-refractivity contribution >= 4 is 11.9 Å². The van der Waals surface area contributed by atoms with Gasteiger partial charge in [-0.25, -0.2) is 9.59 Å². The van der Waals surface area contributed by atoms with Gasteiger partial charge in [0.25, 0.3) is 0 Å². The third-order valence-corrected chi connectivity index (χ3v) is 3.03. The minimum atomic E-state index is -0.468. The van der Waals surface area contributed by atoms with Gasteiger partial charge < -0.3 is 4.74 Å². The smallest absolute Gasteiger partial charge is 0.346 e. The number of ether oxygens (including phenoxy) is 1. The van der Waals surface area contributed by atoms with Gasteiger partial charge in [0.15, 0.2) is 0 Å². The Morgan fingerprint density at radius 2 is 2.08 bits per heavy atom. The van der Waals surface area contributed by atoms with Crippen LogP contribution in [0.5, 0.6) is 0 Å². The summed E-state index contributed by atoms with van der Waals surface area (Å²) < 4.78 is 4.56. The van der Waals surface area contributed by atoms with E-state index in [1.165, 1.54) is 5.57 Å². The molecule has 13 heavy (non-hydrogen) atoms. The van der Waals surface area contributed by atoms with E-state index in [2.05, 4.69) is 4.74 Å². The largest absolute Gasteiger partial charge is 0.386 e. The maximum atomic E-state index is 11.2. The van der Waals surface area contributed by atoms with Gasteiger partial charge in [0, 0.05) is 0 Å². The van der Waals surface area contributed by atoms with Crippen LogP contribution in [0.3, 0.4) is 0 Å². The van der Waals surface area contributed by atoms with Crippen LogP contribution < -0.4 is 0 Å². The number of fused-ring (bicyclic) bond motifs is 2. The summed E-state index contributed by atoms with van der Waals surface area (Å²) in [5.41, 5.74) is 2.33. The average Bonchev–Trinajstić information content (AvgIpc) is 2.78. The first-order valence-electron chi connectivity index (χ1n) is 4.37. The Bertz CT molecular complexity index is 400. The first kappa shape index (κ1) is 7.06. The summed E-state index contributed by atoms with van der Waals surface area (Å²) in [5, 5.41) is 0. The summed E-state index contributed by atoms with van der Waals surface area (Å²) in [7, 11) is 0. The van der Waals surface area contributed by atoms with E-state index in [1.807, 2.05) is 6.92 Å². The summed E-state index contributed by atoms with van der Waals surface area (Å²) in [5.74, 6) is -0.114. The Kier molecular flexibility index (Phi) is 1.04. The zero-order valence-electron chi connectivity index (χ0n) is 7.16. The van der Waals surface area contributed by atoms with E-state index in [9.17, 15) is 9.59 Å². The van der Waals surface area contributed by atoms with Crippen LogP contribution in [-0.4, -0.2) is 11.9 Å². The van der Waals surface area contributed by atoms with Gasteiger partial charge in [-0.3, -0.25) is 0 Å². The Morgan fingerprint density at radius 3 is 2.85 bits per heavy atom. The van der Waals surface area contributed by atoms with Gasteiger partial charge in [-0.15, -0.1) is 0 Å². The molecule has 2 unspecified atom stereocenters. The number of esters is 2. The highest BCUT2D eigenvalue weighted by Crippen LogP contribution is 2.54. The number of carbonyl (C=O) groups excluding carboxylic acids is 2. The quantitative estimate of drug-likeness (QED) is 0.408. The van der Waals surface area contributed by atoms with Crippen LogP contribution in [0.4, 0.5) is 0 Å². The molecule has 1 fully saturated rings. The van der Waals surface area contributed by atoms with Crippen molar-refractivity contribution in [3.63, 3.8) is 0 Å². The minimum absolute atomic E-state index is 0.277. The van der Waals surface area contributed by atoms with E-state index in [-0.39, 0.29) is 5.92 Å². The summed E-state index contributed by atoms with van der Waals surface area (Å²) in [6.07, 6.45) is 2.81. The number of rotatable bonds is 0. The van der Waals surface area contributed by atoms with Gasteiger partial charge >= 0.3 is 11.9 Å². The molecular weight excluding hydrogens is 168 g/mol. The van der Waals surface area contributed by atoms with Gasteiger partial charge in [0.05, 0.1) is 11.1 Å². The van der Waals surface area contributed by atoms with Crippen LogP contribution in [-0.2, 0) is 14.3 Å². The van der Waals surface area contributed by atoms with Crippen molar-refractivity contribution in [1.29, 1.82) is 0 Å². The Balaban J connectivity index is 2.19. The SMILES string of the molecule is CC1=CC2=C(C(=O)OC2=O)C2CC12. The number of hydrogen-bond acceptors (Lipinski definition) is 3. The first-order chi connectivity index (χ1) is 6.18. The molecular formula is C10H8O3. The second kappa shape index (κ2) is 1.92. The highest BCUT2D eigenvalue weighted by molar-refractivity contribution is 6.15. The molecule has 1 saturated carbocycles. The second-order valence-corrected chi connectivity index (χ2v) is 3.84. The fourth-order valence-corrected chi connectivity index (χ4v) is 2.25. The van der Waals surface area contributed by atoms with Crippen LogP contribution >= 0.6 is 0 Å². The highest BCUT2D eigenvalue weighted by atomic mass is 16.6. The Hall–Kier alpha value is -1.38. The third kappa shape index (κ3) is 0.742. The fraction of sp³-hybridized carbons (Fsp3) is 0.400. The van der Waals surface area contributed by atoms with Crippen molar-refractivity contribution in [3.05, 3.63) is 22.8 Å². The van der Waals surface area contributed by atoms with Crippen LogP contribution in [0.15, 0.2) is 22.8 Å². The van der Waals surface area contributed by atoms with Gasteiger partial charge in [-0.2, -0.15) is 0 Å². The van der Waals surface area contributed by atoms with E-state index in [1.54, 1.807) is 6.08 Å². The average molecular weight is 176 g/mol. The van der Waals surface area contributed by atoms with Crippen molar-refractivity contribution in [3.8, 4) is 0 Å².